The van der Waals surface area contributed by atoms with Gasteiger partial charge in [-0.25, -0.2) is 8.78 Å². The van der Waals surface area contributed by atoms with Gasteiger partial charge >= 0.3 is 0 Å². The van der Waals surface area contributed by atoms with E-state index in [-0.39, 0.29) is 11.1 Å². The highest BCUT2D eigenvalue weighted by Crippen LogP contribution is 2.30. The zero-order chi connectivity index (χ0) is 30.6. The molecule has 0 spiro atoms. The van der Waals surface area contributed by atoms with Crippen LogP contribution in [0.3, 0.4) is 0 Å². The van der Waals surface area contributed by atoms with Crippen molar-refractivity contribution >= 4 is 12.4 Å². The van der Waals surface area contributed by atoms with Gasteiger partial charge in [0.15, 0.2) is 0 Å². The van der Waals surface area contributed by atoms with E-state index in [9.17, 15) is 8.78 Å². The molecule has 2 rings (SSSR count). The summed E-state index contributed by atoms with van der Waals surface area (Å²) in [6.45, 7) is 24.5. The summed E-state index contributed by atoms with van der Waals surface area (Å²) in [5.41, 5.74) is 4.02. The van der Waals surface area contributed by atoms with E-state index in [4.69, 9.17) is 9.90 Å². The fourth-order valence-electron chi connectivity index (χ4n) is 3.47. The maximum Gasteiger partial charge on any atom is 0.133 e. The van der Waals surface area contributed by atoms with Crippen molar-refractivity contribution in [2.45, 2.75) is 79.7 Å². The highest BCUT2D eigenvalue weighted by atomic mass is 19.1. The van der Waals surface area contributed by atoms with E-state index < -0.39 is 11.6 Å². The quantitative estimate of drug-likeness (QED) is 0.281. The number of benzene rings is 1. The Bertz CT molecular complexity index is 953. The molecule has 1 aliphatic heterocycles. The van der Waals surface area contributed by atoms with Crippen LogP contribution in [0.25, 0.3) is 5.57 Å². The van der Waals surface area contributed by atoms with Crippen LogP contribution in [-0.2, 0) is 4.79 Å². The first-order valence-corrected chi connectivity index (χ1v) is 13.2. The number of aliphatic hydroxyl groups excluding tert-OH is 1. The van der Waals surface area contributed by atoms with E-state index in [0.717, 1.165) is 36.4 Å². The molecule has 39 heavy (non-hydrogen) atoms. The first kappa shape index (κ1) is 38.1. The third-order valence-corrected chi connectivity index (χ3v) is 5.60. The Morgan fingerprint density at radius 3 is 2.00 bits per heavy atom. The van der Waals surface area contributed by atoms with Crippen molar-refractivity contribution in [2.24, 2.45) is 0 Å². The van der Waals surface area contributed by atoms with Gasteiger partial charge in [-0.1, -0.05) is 26.0 Å². The highest BCUT2D eigenvalue weighted by molar-refractivity contribution is 5.68. The van der Waals surface area contributed by atoms with E-state index in [0.29, 0.717) is 17.7 Å². The van der Waals surface area contributed by atoms with Crippen LogP contribution in [-0.4, -0.2) is 42.5 Å². The van der Waals surface area contributed by atoms with Crippen molar-refractivity contribution in [3.63, 3.8) is 0 Å². The van der Waals surface area contributed by atoms with Crippen molar-refractivity contribution < 1.29 is 18.7 Å². The second-order valence-corrected chi connectivity index (χ2v) is 10.2. The van der Waals surface area contributed by atoms with Gasteiger partial charge in [-0.2, -0.15) is 0 Å². The molecule has 1 heterocycles. The molecule has 3 N–H and O–H groups in total. The molecule has 0 saturated carbocycles. The average Bonchev–Trinajstić information content (AvgIpc) is 2.86. The maximum absolute atomic E-state index is 14.1. The van der Waals surface area contributed by atoms with Crippen LogP contribution in [0, 0.1) is 18.6 Å². The molecule has 0 saturated heterocycles. The topological polar surface area (TPSA) is 64.6 Å². The highest BCUT2D eigenvalue weighted by Gasteiger charge is 2.17. The number of aryl methyl sites for hydroxylation is 1. The van der Waals surface area contributed by atoms with E-state index >= 15 is 0 Å². The molecule has 0 aliphatic carbocycles. The molecule has 1 aromatic rings. The smallest absolute Gasteiger partial charge is 0.133 e. The van der Waals surface area contributed by atoms with Crippen LogP contribution >= 0.6 is 0 Å². The Morgan fingerprint density at radius 1 is 1.05 bits per heavy atom. The van der Waals surface area contributed by atoms with Crippen molar-refractivity contribution in [3.8, 4) is 0 Å². The van der Waals surface area contributed by atoms with Gasteiger partial charge in [0.2, 0.25) is 0 Å². The largest absolute Gasteiger partial charge is 0.396 e. The second kappa shape index (κ2) is 20.9. The average molecular weight is 548 g/mol. The molecule has 1 aliphatic rings. The van der Waals surface area contributed by atoms with E-state index in [2.05, 4.69) is 44.6 Å². The predicted molar refractivity (Wildman–Crippen MR) is 163 cm³/mol. The summed E-state index contributed by atoms with van der Waals surface area (Å²) in [6, 6.07) is 2.69. The number of hydrogen-bond acceptors (Lipinski definition) is 5. The number of unbranched alkanes of at least 4 members (excludes halogenated alkanes) is 3. The molecule has 220 valence electrons. The lowest BCUT2D eigenvalue weighted by Crippen LogP contribution is -2.36. The maximum atomic E-state index is 14.1. The van der Waals surface area contributed by atoms with Gasteiger partial charge in [-0.3, -0.25) is 0 Å². The lowest BCUT2D eigenvalue weighted by Gasteiger charge is -2.27. The number of carbonyl (C=O) groups excluding carboxylic acids is 1. The van der Waals surface area contributed by atoms with Crippen LogP contribution in [0.4, 0.5) is 8.78 Å². The third-order valence-electron chi connectivity index (χ3n) is 5.60. The third kappa shape index (κ3) is 16.5. The fraction of sp³-hybridized carbons (Fsp3) is 0.469. The molecule has 0 radical (unpaired) electrons. The van der Waals surface area contributed by atoms with Gasteiger partial charge in [0.1, 0.15) is 18.4 Å². The monoisotopic (exact) mass is 547 g/mol. The minimum Gasteiger partial charge on any atom is -0.396 e. The van der Waals surface area contributed by atoms with Crippen molar-refractivity contribution in [1.82, 2.24) is 15.5 Å². The Morgan fingerprint density at radius 2 is 1.56 bits per heavy atom. The number of allylic oxidation sites excluding steroid dienone is 5. The first-order valence-electron chi connectivity index (χ1n) is 13.2. The van der Waals surface area contributed by atoms with Crippen LogP contribution in [0.15, 0.2) is 66.8 Å². The SMILES string of the molecule is C=C1C=C(C)C=CN1/C(C)=C(\C)c1c(F)cc(C)cc1F.C=CNC.C=O.CC(C)(C)NCCCCCCO. The summed E-state index contributed by atoms with van der Waals surface area (Å²) in [4.78, 5) is 9.83. The number of halogens is 2. The number of hydrogen-bond donors (Lipinski definition) is 3. The van der Waals surface area contributed by atoms with Gasteiger partial charge in [0.05, 0.1) is 5.56 Å². The molecule has 7 heteroatoms. The normalized spacial score (nSPS) is 12.9. The zero-order valence-electron chi connectivity index (χ0n) is 25.4. The molecule has 0 fully saturated rings. The summed E-state index contributed by atoms with van der Waals surface area (Å²) in [5.74, 6) is -1.08. The van der Waals surface area contributed by atoms with E-state index in [1.807, 2.05) is 50.9 Å². The Labute approximate surface area is 236 Å². The van der Waals surface area contributed by atoms with Gasteiger partial charge < -0.3 is 25.4 Å². The lowest BCUT2D eigenvalue weighted by molar-refractivity contribution is -0.0980. The predicted octanol–water partition coefficient (Wildman–Crippen LogP) is 7.41. The molecule has 1 aromatic carbocycles. The van der Waals surface area contributed by atoms with Gasteiger partial charge in [0.25, 0.3) is 0 Å². The summed E-state index contributed by atoms with van der Waals surface area (Å²) < 4.78 is 28.2. The van der Waals surface area contributed by atoms with E-state index in [1.165, 1.54) is 25.0 Å². The Balaban J connectivity index is 0. The minimum atomic E-state index is -0.539. The van der Waals surface area contributed by atoms with Crippen LogP contribution < -0.4 is 10.6 Å². The van der Waals surface area contributed by atoms with Crippen molar-refractivity contribution in [1.29, 1.82) is 0 Å². The number of nitrogens with one attached hydrogen (secondary N) is 2. The first-order chi connectivity index (χ1) is 18.3. The molecular weight excluding hydrogens is 496 g/mol. The summed E-state index contributed by atoms with van der Waals surface area (Å²) >= 11 is 0. The van der Waals surface area contributed by atoms with Crippen LogP contribution in [0.5, 0.6) is 0 Å². The molecule has 0 amide bonds. The molecule has 0 aromatic heterocycles. The number of carbonyl (C=O) groups is 1. The van der Waals surface area contributed by atoms with Gasteiger partial charge in [-0.05, 0) is 115 Å². The zero-order valence-corrected chi connectivity index (χ0v) is 25.4. The van der Waals surface area contributed by atoms with E-state index in [1.54, 1.807) is 20.0 Å². The molecular formula is C32H51F2N3O2. The summed E-state index contributed by atoms with van der Waals surface area (Å²) in [6.07, 6.45) is 11.9. The number of nitrogens with zero attached hydrogens (tertiary/aromatic N) is 1. The summed E-state index contributed by atoms with van der Waals surface area (Å²) in [7, 11) is 1.81. The van der Waals surface area contributed by atoms with Crippen LogP contribution in [0.1, 0.15) is 78.4 Å². The number of rotatable bonds is 9. The van der Waals surface area contributed by atoms with Gasteiger partial charge in [-0.15, -0.1) is 0 Å². The minimum absolute atomic E-state index is 0.0191. The Hall–Kier alpha value is -3.03. The van der Waals surface area contributed by atoms with Crippen molar-refractivity contribution in [2.75, 3.05) is 20.2 Å². The summed E-state index contributed by atoms with van der Waals surface area (Å²) in [5, 5.41) is 14.7. The number of aliphatic hydroxyl groups is 1. The molecule has 5 nitrogen and oxygen atoms in total. The Kier molecular flexibility index (Phi) is 20.4. The lowest BCUT2D eigenvalue weighted by atomic mass is 10.0. The molecule has 0 unspecified atom stereocenters. The van der Waals surface area contributed by atoms with Crippen molar-refractivity contribution in [3.05, 3.63) is 89.6 Å². The molecule has 0 atom stereocenters. The second-order valence-electron chi connectivity index (χ2n) is 10.2. The molecule has 0 bridgehead atoms. The van der Waals surface area contributed by atoms with Crippen LogP contribution in [0.2, 0.25) is 0 Å². The van der Waals surface area contributed by atoms with Gasteiger partial charge in [0, 0.05) is 36.8 Å². The standard InChI is InChI=1S/C18H19F2N.C10H23NO.C3H7N.CH2O/c1-11-6-7-21(13(3)8-11)15(5)14(4)18-16(19)9-12(2)10-17(18)20;1-10(2,3)11-8-6-4-5-7-9-12;1-3-4-2;1-2/h6-10H,3H2,1-2,4-5H3;11-12H,4-9H2,1-3H3;3-4H,1H2,2H3;1H2/b15-14+;;;. The fourth-order valence-corrected chi connectivity index (χ4v) is 3.47.